The van der Waals surface area contributed by atoms with Crippen LogP contribution < -0.4 is 4.74 Å². The van der Waals surface area contributed by atoms with Crippen LogP contribution in [0.15, 0.2) is 78.2 Å². The SMILES string of the molecule is COc1ccc(C2c3ccsc3CCN2C(=O)CN(C(=O)c2cccc3ccccc23)C(C)C)cc1. The van der Waals surface area contributed by atoms with Crippen LogP contribution in [0.4, 0.5) is 0 Å². The third kappa shape index (κ3) is 4.49. The summed E-state index contributed by atoms with van der Waals surface area (Å²) in [5, 5.41) is 4.01. The van der Waals surface area contributed by atoms with Crippen molar-refractivity contribution in [3.05, 3.63) is 99.7 Å². The fourth-order valence-corrected chi connectivity index (χ4v) is 5.93. The van der Waals surface area contributed by atoms with Gasteiger partial charge in [0.1, 0.15) is 12.3 Å². The molecule has 1 aromatic heterocycles. The molecule has 0 saturated carbocycles. The zero-order valence-corrected chi connectivity index (χ0v) is 21.6. The molecule has 1 aliphatic heterocycles. The fourth-order valence-electron chi connectivity index (χ4n) is 5.02. The molecule has 1 unspecified atom stereocenters. The van der Waals surface area contributed by atoms with E-state index in [1.807, 2.05) is 85.5 Å². The molecular formula is C30H30N2O3S. The van der Waals surface area contributed by atoms with E-state index in [1.54, 1.807) is 23.3 Å². The van der Waals surface area contributed by atoms with Crippen LogP contribution in [0.25, 0.3) is 10.8 Å². The molecule has 2 heterocycles. The number of benzene rings is 3. The van der Waals surface area contributed by atoms with Crippen molar-refractivity contribution in [2.75, 3.05) is 20.2 Å². The number of amides is 2. The van der Waals surface area contributed by atoms with Gasteiger partial charge in [-0.2, -0.15) is 0 Å². The first-order chi connectivity index (χ1) is 17.5. The van der Waals surface area contributed by atoms with Gasteiger partial charge in [0.25, 0.3) is 5.91 Å². The van der Waals surface area contributed by atoms with E-state index in [2.05, 4.69) is 11.4 Å². The highest BCUT2D eigenvalue weighted by Crippen LogP contribution is 2.38. The number of carbonyl (C=O) groups is 2. The predicted molar refractivity (Wildman–Crippen MR) is 145 cm³/mol. The Labute approximate surface area is 215 Å². The second-order valence-corrected chi connectivity index (χ2v) is 10.4. The van der Waals surface area contributed by atoms with Crippen LogP contribution in [0.1, 0.15) is 46.3 Å². The second-order valence-electron chi connectivity index (χ2n) is 9.37. The molecule has 4 aromatic rings. The van der Waals surface area contributed by atoms with Crippen molar-refractivity contribution in [2.24, 2.45) is 0 Å². The number of nitrogens with zero attached hydrogens (tertiary/aromatic N) is 2. The summed E-state index contributed by atoms with van der Waals surface area (Å²) in [6, 6.07) is 23.4. The van der Waals surface area contributed by atoms with Crippen LogP contribution in [0, 0.1) is 0 Å². The summed E-state index contributed by atoms with van der Waals surface area (Å²) >= 11 is 1.74. The van der Waals surface area contributed by atoms with E-state index in [1.165, 1.54) is 10.4 Å². The number of thiophene rings is 1. The summed E-state index contributed by atoms with van der Waals surface area (Å²) in [6.45, 7) is 4.58. The van der Waals surface area contributed by atoms with E-state index in [-0.39, 0.29) is 30.4 Å². The van der Waals surface area contributed by atoms with Gasteiger partial charge in [-0.25, -0.2) is 0 Å². The third-order valence-corrected chi connectivity index (χ3v) is 7.92. The number of hydrogen-bond acceptors (Lipinski definition) is 4. The van der Waals surface area contributed by atoms with Crippen molar-refractivity contribution < 1.29 is 14.3 Å². The third-order valence-electron chi connectivity index (χ3n) is 6.93. The Morgan fingerprint density at radius 3 is 2.53 bits per heavy atom. The summed E-state index contributed by atoms with van der Waals surface area (Å²) < 4.78 is 5.34. The highest BCUT2D eigenvalue weighted by atomic mass is 32.1. The fraction of sp³-hybridized carbons (Fsp3) is 0.267. The Hall–Kier alpha value is -3.64. The molecule has 184 valence electrons. The summed E-state index contributed by atoms with van der Waals surface area (Å²) in [6.07, 6.45) is 0.824. The number of rotatable bonds is 6. The molecule has 0 N–H and O–H groups in total. The Morgan fingerprint density at radius 2 is 1.78 bits per heavy atom. The van der Waals surface area contributed by atoms with Crippen LogP contribution in [0.5, 0.6) is 5.75 Å². The van der Waals surface area contributed by atoms with Crippen LogP contribution >= 0.6 is 11.3 Å². The second kappa shape index (κ2) is 10.2. The minimum absolute atomic E-state index is 0.0336. The van der Waals surface area contributed by atoms with Crippen molar-refractivity contribution in [2.45, 2.75) is 32.4 Å². The average Bonchev–Trinajstić information content (AvgIpc) is 3.39. The smallest absolute Gasteiger partial charge is 0.255 e. The van der Waals surface area contributed by atoms with Gasteiger partial charge in [0.15, 0.2) is 0 Å². The van der Waals surface area contributed by atoms with Crippen LogP contribution in [-0.2, 0) is 11.2 Å². The number of ether oxygens (including phenoxy) is 1. The topological polar surface area (TPSA) is 49.9 Å². The van der Waals surface area contributed by atoms with E-state index in [0.29, 0.717) is 12.1 Å². The molecule has 36 heavy (non-hydrogen) atoms. The summed E-state index contributed by atoms with van der Waals surface area (Å²) in [5.41, 5.74) is 2.83. The monoisotopic (exact) mass is 498 g/mol. The lowest BCUT2D eigenvalue weighted by molar-refractivity contribution is -0.134. The molecule has 6 heteroatoms. The van der Waals surface area contributed by atoms with Gasteiger partial charge in [0, 0.05) is 23.0 Å². The van der Waals surface area contributed by atoms with Crippen molar-refractivity contribution in [3.8, 4) is 5.75 Å². The Balaban J connectivity index is 1.45. The molecule has 0 saturated heterocycles. The lowest BCUT2D eigenvalue weighted by atomic mass is 9.93. The number of fused-ring (bicyclic) bond motifs is 2. The summed E-state index contributed by atoms with van der Waals surface area (Å²) in [5.74, 6) is 0.615. The molecule has 0 radical (unpaired) electrons. The van der Waals surface area contributed by atoms with Crippen molar-refractivity contribution in [1.29, 1.82) is 0 Å². The molecule has 5 nitrogen and oxygen atoms in total. The molecule has 1 atom stereocenters. The highest BCUT2D eigenvalue weighted by Gasteiger charge is 2.34. The van der Waals surface area contributed by atoms with Gasteiger partial charge in [-0.15, -0.1) is 11.3 Å². The lowest BCUT2D eigenvalue weighted by Crippen LogP contribution is -2.48. The number of carbonyl (C=O) groups excluding carboxylic acids is 2. The van der Waals surface area contributed by atoms with Crippen LogP contribution in [0.3, 0.4) is 0 Å². The highest BCUT2D eigenvalue weighted by molar-refractivity contribution is 7.10. The van der Waals surface area contributed by atoms with E-state index >= 15 is 0 Å². The Morgan fingerprint density at radius 1 is 1.03 bits per heavy atom. The maximum Gasteiger partial charge on any atom is 0.255 e. The molecule has 2 amide bonds. The van der Waals surface area contributed by atoms with Gasteiger partial charge in [0.05, 0.1) is 13.2 Å². The maximum absolute atomic E-state index is 13.9. The average molecular weight is 499 g/mol. The number of hydrogen-bond donors (Lipinski definition) is 0. The zero-order chi connectivity index (χ0) is 25.2. The maximum atomic E-state index is 13.9. The molecule has 5 rings (SSSR count). The Kier molecular flexibility index (Phi) is 6.79. The van der Waals surface area contributed by atoms with Crippen molar-refractivity contribution in [1.82, 2.24) is 9.80 Å². The molecule has 0 spiro atoms. The molecule has 1 aliphatic rings. The predicted octanol–water partition coefficient (Wildman–Crippen LogP) is 5.93. The first-order valence-corrected chi connectivity index (χ1v) is 13.1. The van der Waals surface area contributed by atoms with Gasteiger partial charge < -0.3 is 14.5 Å². The van der Waals surface area contributed by atoms with Gasteiger partial charge in [-0.3, -0.25) is 9.59 Å². The summed E-state index contributed by atoms with van der Waals surface area (Å²) in [4.78, 5) is 32.5. The van der Waals surface area contributed by atoms with E-state index in [4.69, 9.17) is 4.74 Å². The minimum Gasteiger partial charge on any atom is -0.497 e. The molecule has 0 fully saturated rings. The van der Waals surface area contributed by atoms with E-state index in [0.717, 1.165) is 28.5 Å². The molecule has 0 aliphatic carbocycles. The quantitative estimate of drug-likeness (QED) is 0.331. The van der Waals surface area contributed by atoms with Crippen LogP contribution in [0.2, 0.25) is 0 Å². The van der Waals surface area contributed by atoms with Gasteiger partial charge in [0.2, 0.25) is 5.91 Å². The van der Waals surface area contributed by atoms with Crippen molar-refractivity contribution >= 4 is 33.9 Å². The first kappa shape index (κ1) is 24.1. The van der Waals surface area contributed by atoms with Gasteiger partial charge >= 0.3 is 0 Å². The number of methoxy groups -OCH3 is 1. The first-order valence-electron chi connectivity index (χ1n) is 12.3. The Bertz CT molecular complexity index is 1390. The largest absolute Gasteiger partial charge is 0.497 e. The summed E-state index contributed by atoms with van der Waals surface area (Å²) in [7, 11) is 1.65. The van der Waals surface area contributed by atoms with Crippen molar-refractivity contribution in [3.63, 3.8) is 0 Å². The lowest BCUT2D eigenvalue weighted by Gasteiger charge is -2.38. The van der Waals surface area contributed by atoms with Crippen LogP contribution in [-0.4, -0.2) is 47.9 Å². The van der Waals surface area contributed by atoms with E-state index in [9.17, 15) is 9.59 Å². The van der Waals surface area contributed by atoms with E-state index < -0.39 is 0 Å². The zero-order valence-electron chi connectivity index (χ0n) is 20.8. The standard InChI is InChI=1S/C30H30N2O3S/c1-20(2)32(30(34)25-10-6-8-21-7-4-5-9-24(21)25)19-28(33)31-17-15-27-26(16-18-36-27)29(31)22-11-13-23(35-3)14-12-22/h4-14,16,18,20,29H,15,17,19H2,1-3H3. The normalized spacial score (nSPS) is 15.1. The molecule has 3 aromatic carbocycles. The molecular weight excluding hydrogens is 468 g/mol. The molecule has 0 bridgehead atoms. The van der Waals surface area contributed by atoms with Gasteiger partial charge in [-0.05, 0) is 71.8 Å². The van der Waals surface area contributed by atoms with Gasteiger partial charge in [-0.1, -0.05) is 48.5 Å². The minimum atomic E-state index is -0.180.